The third kappa shape index (κ3) is 4.69. The zero-order chi connectivity index (χ0) is 31.4. The molecule has 5 N–H and O–H groups in total. The van der Waals surface area contributed by atoms with Crippen molar-refractivity contribution >= 4 is 34.9 Å². The van der Waals surface area contributed by atoms with Gasteiger partial charge in [0.1, 0.15) is 5.75 Å². The van der Waals surface area contributed by atoms with Gasteiger partial charge >= 0.3 is 6.08 Å². The molecule has 3 aliphatic carbocycles. The van der Waals surface area contributed by atoms with Crippen molar-refractivity contribution in [3.63, 3.8) is 0 Å². The second-order valence-corrected chi connectivity index (χ2v) is 11.4. The van der Waals surface area contributed by atoms with Crippen molar-refractivity contribution < 1.29 is 47.4 Å². The number of amides is 1. The fourth-order valence-corrected chi connectivity index (χ4v) is 6.66. The van der Waals surface area contributed by atoms with E-state index < -0.39 is 93.1 Å². The topological polar surface area (TPSA) is 167 Å². The highest BCUT2D eigenvalue weighted by molar-refractivity contribution is 6.32. The van der Waals surface area contributed by atoms with E-state index in [-0.39, 0.29) is 30.5 Å². The van der Waals surface area contributed by atoms with Gasteiger partial charge in [-0.1, -0.05) is 11.6 Å². The SMILES string of the molecule is CC=C(C)CNCc1cc(C(F)=C(F)F)c2c(c1O)C(=O)C1C(=O)[C@]3(O)C(=O)C(C(N)=O)C(=O)[C@@H](N(C)C)[C@@H]3C[C@@H]1C2. The van der Waals surface area contributed by atoms with E-state index in [2.05, 4.69) is 5.32 Å². The normalized spacial score (nSPS) is 29.3. The molecule has 2 unspecified atom stereocenters. The van der Waals surface area contributed by atoms with Crippen LogP contribution in [0.15, 0.2) is 23.8 Å². The number of rotatable bonds is 7. The molecule has 42 heavy (non-hydrogen) atoms. The number of hydrogen-bond acceptors (Lipinski definition) is 9. The standard InChI is InChI=1S/C29H32F3N3O7/c1-5-11(2)9-34-10-13-7-15(20(30)27(31)32)14-6-12-8-16-21(35(3)4)24(38)19(28(33)41)26(40)29(16,42)25(39)17(12)23(37)18(14)22(13)36/h5,7,12,16-17,19,21,34,36,42H,6,8-10H2,1-4H3,(H2,33,41)/t12-,16-,17?,19?,21-,29-/m0/s1. The number of likely N-dealkylation sites (N-methyl/N-ethyl adjacent to an activating group) is 1. The van der Waals surface area contributed by atoms with E-state index in [1.54, 1.807) is 6.92 Å². The molecule has 0 heterocycles. The van der Waals surface area contributed by atoms with Gasteiger partial charge in [0.25, 0.3) is 0 Å². The number of aliphatic hydroxyl groups is 1. The van der Waals surface area contributed by atoms with Gasteiger partial charge in [-0.2, -0.15) is 8.78 Å². The van der Waals surface area contributed by atoms with Crippen LogP contribution in [-0.4, -0.2) is 76.4 Å². The number of fused-ring (bicyclic) bond motifs is 3. The second kappa shape index (κ2) is 11.2. The lowest BCUT2D eigenvalue weighted by Gasteiger charge is -2.52. The van der Waals surface area contributed by atoms with E-state index >= 15 is 0 Å². The Labute approximate surface area is 239 Å². The summed E-state index contributed by atoms with van der Waals surface area (Å²) in [5.41, 5.74) is 1.75. The zero-order valence-electron chi connectivity index (χ0n) is 23.5. The Bertz CT molecular complexity index is 1470. The molecule has 0 bridgehead atoms. The van der Waals surface area contributed by atoms with Crippen molar-refractivity contribution in [3.05, 3.63) is 46.0 Å². The van der Waals surface area contributed by atoms with Crippen molar-refractivity contribution in [1.82, 2.24) is 10.2 Å². The lowest BCUT2D eigenvalue weighted by Crippen LogP contribution is -2.74. The van der Waals surface area contributed by atoms with Crippen LogP contribution < -0.4 is 11.1 Å². The highest BCUT2D eigenvalue weighted by Crippen LogP contribution is 2.52. The number of hydrogen-bond donors (Lipinski definition) is 4. The van der Waals surface area contributed by atoms with Crippen molar-refractivity contribution in [2.24, 2.45) is 29.4 Å². The number of carbonyl (C=O) groups excluding carboxylic acids is 5. The Balaban J connectivity index is 1.88. The first-order valence-electron chi connectivity index (χ1n) is 13.3. The molecule has 0 radical (unpaired) electrons. The molecule has 226 valence electrons. The average Bonchev–Trinajstić information content (AvgIpc) is 2.90. The van der Waals surface area contributed by atoms with Gasteiger partial charge in [-0.15, -0.1) is 0 Å². The van der Waals surface area contributed by atoms with E-state index in [9.17, 15) is 47.4 Å². The Hall–Kier alpha value is -3.68. The molecule has 6 atom stereocenters. The number of Topliss-reactive ketones (excluding diaryl/α,β-unsaturated/α-hetero) is 4. The number of carbonyl (C=O) groups is 5. The van der Waals surface area contributed by atoms with Crippen LogP contribution in [0.3, 0.4) is 0 Å². The number of nitrogens with two attached hydrogens (primary N) is 1. The summed E-state index contributed by atoms with van der Waals surface area (Å²) in [5.74, 6) is -14.9. The van der Waals surface area contributed by atoms with Crippen LogP contribution in [0.4, 0.5) is 13.2 Å². The summed E-state index contributed by atoms with van der Waals surface area (Å²) in [4.78, 5) is 67.7. The lowest BCUT2D eigenvalue weighted by atomic mass is 9.52. The van der Waals surface area contributed by atoms with Crippen LogP contribution in [-0.2, 0) is 32.1 Å². The van der Waals surface area contributed by atoms with E-state index in [4.69, 9.17) is 5.73 Å². The molecule has 1 aromatic carbocycles. The van der Waals surface area contributed by atoms with Crippen molar-refractivity contribution in [2.45, 2.75) is 44.9 Å². The highest BCUT2D eigenvalue weighted by Gasteiger charge is 2.69. The van der Waals surface area contributed by atoms with Crippen LogP contribution in [0.5, 0.6) is 5.75 Å². The predicted octanol–water partition coefficient (Wildman–Crippen LogP) is 1.46. The molecular formula is C29H32F3N3O7. The van der Waals surface area contributed by atoms with E-state index in [1.807, 2.05) is 13.0 Å². The summed E-state index contributed by atoms with van der Waals surface area (Å²) >= 11 is 0. The Morgan fingerprint density at radius 1 is 1.19 bits per heavy atom. The van der Waals surface area contributed by atoms with E-state index in [1.165, 1.54) is 19.0 Å². The summed E-state index contributed by atoms with van der Waals surface area (Å²) in [6.45, 7) is 3.79. The van der Waals surface area contributed by atoms with Gasteiger partial charge < -0.3 is 21.3 Å². The Morgan fingerprint density at radius 3 is 2.38 bits per heavy atom. The minimum absolute atomic E-state index is 0.0866. The maximum absolute atomic E-state index is 14.9. The van der Waals surface area contributed by atoms with E-state index in [0.717, 1.165) is 11.6 Å². The van der Waals surface area contributed by atoms with Gasteiger partial charge in [-0.05, 0) is 58.3 Å². The molecular weight excluding hydrogens is 559 g/mol. The molecule has 1 aromatic rings. The fraction of sp³-hybridized carbons (Fsp3) is 0.483. The number of ketones is 4. The third-order valence-electron chi connectivity index (χ3n) is 8.75. The van der Waals surface area contributed by atoms with Gasteiger partial charge in [0, 0.05) is 30.1 Å². The number of halogens is 3. The first kappa shape index (κ1) is 31.3. The van der Waals surface area contributed by atoms with Crippen molar-refractivity contribution in [3.8, 4) is 5.75 Å². The van der Waals surface area contributed by atoms with Gasteiger partial charge in [0.15, 0.2) is 40.5 Å². The molecule has 0 spiro atoms. The average molecular weight is 592 g/mol. The molecule has 2 fully saturated rings. The molecule has 4 rings (SSSR count). The van der Waals surface area contributed by atoms with Crippen molar-refractivity contribution in [2.75, 3.05) is 20.6 Å². The van der Waals surface area contributed by atoms with Crippen LogP contribution in [0.1, 0.15) is 47.3 Å². The Kier molecular flexibility index (Phi) is 8.33. The number of benzene rings is 1. The predicted molar refractivity (Wildman–Crippen MR) is 143 cm³/mol. The number of phenolic OH excluding ortho intramolecular Hbond substituents is 1. The summed E-state index contributed by atoms with van der Waals surface area (Å²) < 4.78 is 42.0. The smallest absolute Gasteiger partial charge is 0.306 e. The first-order chi connectivity index (χ1) is 19.6. The van der Waals surface area contributed by atoms with Crippen LogP contribution in [0.2, 0.25) is 0 Å². The molecule has 0 saturated heterocycles. The number of primary amides is 1. The lowest BCUT2D eigenvalue weighted by molar-refractivity contribution is -0.181. The summed E-state index contributed by atoms with van der Waals surface area (Å²) in [6, 6.07) is -0.309. The maximum Gasteiger partial charge on any atom is 0.306 e. The molecule has 10 nitrogen and oxygen atoms in total. The minimum Gasteiger partial charge on any atom is -0.507 e. The summed E-state index contributed by atoms with van der Waals surface area (Å²) in [5, 5.41) is 25.7. The van der Waals surface area contributed by atoms with Gasteiger partial charge in [0.2, 0.25) is 5.91 Å². The largest absolute Gasteiger partial charge is 0.507 e. The molecule has 1 amide bonds. The molecule has 2 saturated carbocycles. The van der Waals surface area contributed by atoms with Crippen LogP contribution in [0, 0.1) is 23.7 Å². The number of phenols is 1. The number of nitrogens with zero attached hydrogens (tertiary/aromatic N) is 1. The molecule has 0 aromatic heterocycles. The van der Waals surface area contributed by atoms with Crippen LogP contribution in [0.25, 0.3) is 5.83 Å². The monoisotopic (exact) mass is 591 g/mol. The highest BCUT2D eigenvalue weighted by atomic mass is 19.3. The molecule has 3 aliphatic rings. The van der Waals surface area contributed by atoms with Gasteiger partial charge in [-0.3, -0.25) is 28.9 Å². The number of aromatic hydroxyl groups is 1. The maximum atomic E-state index is 14.9. The number of allylic oxidation sites excluding steroid dienone is 1. The van der Waals surface area contributed by atoms with E-state index in [0.29, 0.717) is 6.54 Å². The number of nitrogens with one attached hydrogen (secondary N) is 1. The van der Waals surface area contributed by atoms with Gasteiger partial charge in [0.05, 0.1) is 17.5 Å². The zero-order valence-corrected chi connectivity index (χ0v) is 23.5. The fourth-order valence-electron chi connectivity index (χ4n) is 6.66. The molecule has 13 heteroatoms. The van der Waals surface area contributed by atoms with Crippen LogP contribution >= 0.6 is 0 Å². The summed E-state index contributed by atoms with van der Waals surface area (Å²) in [6.07, 6.45) is -1.48. The Morgan fingerprint density at radius 2 is 1.83 bits per heavy atom. The first-order valence-corrected chi connectivity index (χ1v) is 13.3. The minimum atomic E-state index is -2.94. The summed E-state index contributed by atoms with van der Waals surface area (Å²) in [7, 11) is 2.87. The third-order valence-corrected chi connectivity index (χ3v) is 8.75. The van der Waals surface area contributed by atoms with Gasteiger partial charge in [-0.25, -0.2) is 4.39 Å². The quantitative estimate of drug-likeness (QED) is 0.271. The second-order valence-electron chi connectivity index (χ2n) is 11.4. The van der Waals surface area contributed by atoms with Crippen molar-refractivity contribution in [1.29, 1.82) is 0 Å². The molecule has 0 aliphatic heterocycles.